The van der Waals surface area contributed by atoms with Crippen molar-refractivity contribution in [3.05, 3.63) is 40.6 Å². The van der Waals surface area contributed by atoms with Crippen molar-refractivity contribution in [1.29, 1.82) is 0 Å². The number of rotatable bonds is 5. The second-order valence-corrected chi connectivity index (χ2v) is 9.22. The fourth-order valence-corrected chi connectivity index (χ4v) is 5.63. The van der Waals surface area contributed by atoms with Crippen molar-refractivity contribution in [2.45, 2.75) is 39.5 Å². The molecule has 1 aromatic carbocycles. The Balaban J connectivity index is 1.79. The summed E-state index contributed by atoms with van der Waals surface area (Å²) < 4.78 is 28.1. The number of sulfonamides is 1. The number of anilines is 2. The van der Waals surface area contributed by atoms with E-state index in [0.29, 0.717) is 37.0 Å². The van der Waals surface area contributed by atoms with Crippen LogP contribution in [0.2, 0.25) is 0 Å². The summed E-state index contributed by atoms with van der Waals surface area (Å²) in [4.78, 5) is 11.6. The minimum atomic E-state index is -3.52. The quantitative estimate of drug-likeness (QED) is 0.827. The van der Waals surface area contributed by atoms with Crippen molar-refractivity contribution in [3.63, 3.8) is 0 Å². The molecule has 2 aromatic rings. The van der Waals surface area contributed by atoms with Crippen molar-refractivity contribution in [2.75, 3.05) is 42.9 Å². The number of aromatic nitrogens is 2. The predicted molar refractivity (Wildman–Crippen MR) is 113 cm³/mol. The van der Waals surface area contributed by atoms with Crippen molar-refractivity contribution >= 4 is 21.8 Å². The van der Waals surface area contributed by atoms with E-state index in [4.69, 9.17) is 0 Å². The molecule has 1 saturated heterocycles. The van der Waals surface area contributed by atoms with E-state index < -0.39 is 10.0 Å². The topological polar surface area (TPSA) is 78.4 Å². The molecule has 7 nitrogen and oxygen atoms in total. The van der Waals surface area contributed by atoms with E-state index in [9.17, 15) is 8.42 Å². The van der Waals surface area contributed by atoms with Crippen LogP contribution in [0.3, 0.4) is 0 Å². The van der Waals surface area contributed by atoms with E-state index in [2.05, 4.69) is 20.2 Å². The lowest BCUT2D eigenvalue weighted by atomic mass is 10.1. The number of aryl methyl sites for hydroxylation is 4. The minimum Gasteiger partial charge on any atom is -0.370 e. The largest absolute Gasteiger partial charge is 0.370 e. The van der Waals surface area contributed by atoms with Gasteiger partial charge in [0.1, 0.15) is 5.82 Å². The van der Waals surface area contributed by atoms with Gasteiger partial charge < -0.3 is 10.2 Å². The van der Waals surface area contributed by atoms with Crippen LogP contribution < -0.4 is 10.2 Å². The average molecular weight is 404 g/mol. The summed E-state index contributed by atoms with van der Waals surface area (Å²) in [6.07, 6.45) is 0. The van der Waals surface area contributed by atoms with Crippen LogP contribution in [0.4, 0.5) is 11.8 Å². The maximum Gasteiger partial charge on any atom is 0.243 e. The molecule has 1 N–H and O–H groups in total. The Labute approximate surface area is 167 Å². The molecule has 0 aliphatic carbocycles. The monoisotopic (exact) mass is 403 g/mol. The van der Waals surface area contributed by atoms with Gasteiger partial charge in [-0.1, -0.05) is 17.7 Å². The first-order valence-electron chi connectivity index (χ1n) is 9.65. The Morgan fingerprint density at radius 1 is 0.964 bits per heavy atom. The molecule has 0 radical (unpaired) electrons. The van der Waals surface area contributed by atoms with Gasteiger partial charge in [0.25, 0.3) is 0 Å². The molecule has 8 heteroatoms. The van der Waals surface area contributed by atoms with Gasteiger partial charge in [0.05, 0.1) is 4.90 Å². The van der Waals surface area contributed by atoms with E-state index >= 15 is 0 Å². The molecule has 1 aliphatic heterocycles. The van der Waals surface area contributed by atoms with Gasteiger partial charge >= 0.3 is 0 Å². The summed E-state index contributed by atoms with van der Waals surface area (Å²) in [5.41, 5.74) is 3.57. The molecule has 0 unspecified atom stereocenters. The SMILES string of the molecule is CCNc1cc(C)nc(N2CCN(S(=O)(=O)c3c(C)cc(C)cc3C)CC2)n1. The zero-order valence-electron chi connectivity index (χ0n) is 17.3. The van der Waals surface area contributed by atoms with E-state index in [1.807, 2.05) is 52.8 Å². The molecular weight excluding hydrogens is 374 g/mol. The first kappa shape index (κ1) is 20.5. The fraction of sp³-hybridized carbons (Fsp3) is 0.500. The van der Waals surface area contributed by atoms with E-state index in [1.54, 1.807) is 4.31 Å². The normalized spacial score (nSPS) is 15.7. The predicted octanol–water partition coefficient (Wildman–Crippen LogP) is 2.65. The summed E-state index contributed by atoms with van der Waals surface area (Å²) in [7, 11) is -3.52. The lowest BCUT2D eigenvalue weighted by Gasteiger charge is -2.34. The molecule has 1 fully saturated rings. The van der Waals surface area contributed by atoms with Gasteiger partial charge in [0.15, 0.2) is 0 Å². The zero-order valence-corrected chi connectivity index (χ0v) is 18.1. The third-order valence-electron chi connectivity index (χ3n) is 4.92. The molecule has 1 aliphatic rings. The van der Waals surface area contributed by atoms with E-state index in [-0.39, 0.29) is 0 Å². The van der Waals surface area contributed by atoms with Crippen molar-refractivity contribution in [3.8, 4) is 0 Å². The smallest absolute Gasteiger partial charge is 0.243 e. The molecule has 3 rings (SSSR count). The highest BCUT2D eigenvalue weighted by atomic mass is 32.2. The lowest BCUT2D eigenvalue weighted by Crippen LogP contribution is -2.49. The molecule has 2 heterocycles. The summed E-state index contributed by atoms with van der Waals surface area (Å²) in [5, 5.41) is 3.22. The molecular formula is C20H29N5O2S. The Morgan fingerprint density at radius 2 is 1.57 bits per heavy atom. The zero-order chi connectivity index (χ0) is 20.5. The number of hydrogen-bond acceptors (Lipinski definition) is 6. The van der Waals surface area contributed by atoms with Gasteiger partial charge in [0.2, 0.25) is 16.0 Å². The summed E-state index contributed by atoms with van der Waals surface area (Å²) in [6, 6.07) is 5.77. The highest BCUT2D eigenvalue weighted by Crippen LogP contribution is 2.26. The second-order valence-electron chi connectivity index (χ2n) is 7.34. The molecule has 0 amide bonds. The van der Waals surface area contributed by atoms with Gasteiger partial charge in [-0.3, -0.25) is 0 Å². The summed E-state index contributed by atoms with van der Waals surface area (Å²) in [5.74, 6) is 1.45. The average Bonchev–Trinajstić information content (AvgIpc) is 2.60. The van der Waals surface area contributed by atoms with Crippen LogP contribution in [-0.2, 0) is 10.0 Å². The van der Waals surface area contributed by atoms with E-state index in [0.717, 1.165) is 34.7 Å². The van der Waals surface area contributed by atoms with Gasteiger partial charge in [-0.05, 0) is 45.7 Å². The Bertz CT molecular complexity index is 944. The molecule has 28 heavy (non-hydrogen) atoms. The third kappa shape index (κ3) is 4.12. The number of benzene rings is 1. The number of nitrogens with one attached hydrogen (secondary N) is 1. The second kappa shape index (κ2) is 8.05. The van der Waals surface area contributed by atoms with Crippen molar-refractivity contribution in [2.24, 2.45) is 0 Å². The maximum absolute atomic E-state index is 13.2. The van der Waals surface area contributed by atoms with Gasteiger partial charge in [-0.2, -0.15) is 9.29 Å². The van der Waals surface area contributed by atoms with Crippen molar-refractivity contribution in [1.82, 2.24) is 14.3 Å². The first-order chi connectivity index (χ1) is 13.2. The van der Waals surface area contributed by atoms with Crippen LogP contribution in [0.5, 0.6) is 0 Å². The number of hydrogen-bond donors (Lipinski definition) is 1. The van der Waals surface area contributed by atoms with E-state index in [1.165, 1.54) is 0 Å². The maximum atomic E-state index is 13.2. The third-order valence-corrected chi connectivity index (χ3v) is 7.13. The summed E-state index contributed by atoms with van der Waals surface area (Å²) in [6.45, 7) is 12.4. The lowest BCUT2D eigenvalue weighted by molar-refractivity contribution is 0.382. The van der Waals surface area contributed by atoms with Crippen LogP contribution in [0, 0.1) is 27.7 Å². The number of nitrogens with zero attached hydrogens (tertiary/aromatic N) is 4. The Morgan fingerprint density at radius 3 is 2.14 bits per heavy atom. The van der Waals surface area contributed by atoms with Crippen LogP contribution >= 0.6 is 0 Å². The summed E-state index contributed by atoms with van der Waals surface area (Å²) >= 11 is 0. The van der Waals surface area contributed by atoms with Crippen LogP contribution in [0.15, 0.2) is 23.1 Å². The Hall–Kier alpha value is -2.19. The van der Waals surface area contributed by atoms with Crippen LogP contribution in [-0.4, -0.2) is 55.4 Å². The van der Waals surface area contributed by atoms with Crippen LogP contribution in [0.25, 0.3) is 0 Å². The molecule has 0 atom stereocenters. The van der Waals surface area contributed by atoms with Crippen LogP contribution in [0.1, 0.15) is 29.3 Å². The highest BCUT2D eigenvalue weighted by Gasteiger charge is 2.31. The fourth-order valence-electron chi connectivity index (χ4n) is 3.80. The van der Waals surface area contributed by atoms with Crippen molar-refractivity contribution < 1.29 is 8.42 Å². The number of piperazine rings is 1. The molecule has 1 aromatic heterocycles. The van der Waals surface area contributed by atoms with Gasteiger partial charge in [-0.15, -0.1) is 0 Å². The standard InChI is InChI=1S/C20H29N5O2S/c1-6-21-18-13-17(5)22-20(23-18)24-7-9-25(10-8-24)28(26,27)19-15(3)11-14(2)12-16(19)4/h11-13H,6-10H2,1-5H3,(H,21,22,23). The minimum absolute atomic E-state index is 0.420. The Kier molecular flexibility index (Phi) is 5.90. The highest BCUT2D eigenvalue weighted by molar-refractivity contribution is 7.89. The molecule has 0 spiro atoms. The van der Waals surface area contributed by atoms with Gasteiger partial charge in [0, 0.05) is 44.5 Å². The van der Waals surface area contributed by atoms with Gasteiger partial charge in [-0.25, -0.2) is 13.4 Å². The molecule has 152 valence electrons. The first-order valence-corrected chi connectivity index (χ1v) is 11.1. The molecule has 0 saturated carbocycles. The molecule has 0 bridgehead atoms.